The lowest BCUT2D eigenvalue weighted by Gasteiger charge is -2.08. The molecular weight excluding hydrogens is 286 g/mol. The second kappa shape index (κ2) is 7.40. The molecule has 1 atom stereocenters. The van der Waals surface area contributed by atoms with E-state index in [1.807, 2.05) is 13.0 Å². The Morgan fingerprint density at radius 3 is 2.74 bits per heavy atom. The third-order valence-corrected chi connectivity index (χ3v) is 3.94. The standard InChI is InChI=1S/C13H16ClNO3S/c1-8-3-4-11(10(14)5-8)15-12(16)7-19-6-9(2)13(17)18/h3-5,9H,6-7H2,1-2H3,(H,15,16)(H,17,18). The number of aliphatic carboxylic acids is 1. The first-order valence-corrected chi connectivity index (χ1v) is 7.30. The fourth-order valence-electron chi connectivity index (χ4n) is 1.31. The van der Waals surface area contributed by atoms with Crippen LogP contribution in [0.4, 0.5) is 5.69 Å². The van der Waals surface area contributed by atoms with E-state index in [4.69, 9.17) is 16.7 Å². The Bertz CT molecular complexity index is 479. The highest BCUT2D eigenvalue weighted by Crippen LogP contribution is 2.22. The van der Waals surface area contributed by atoms with Crippen LogP contribution in [-0.2, 0) is 9.59 Å². The molecule has 0 saturated carbocycles. The minimum atomic E-state index is -0.852. The second-order valence-electron chi connectivity index (χ2n) is 4.29. The number of carboxylic acid groups (broad SMARTS) is 1. The average molecular weight is 302 g/mol. The number of halogens is 1. The monoisotopic (exact) mass is 301 g/mol. The van der Waals surface area contributed by atoms with Crippen LogP contribution in [0.15, 0.2) is 18.2 Å². The van der Waals surface area contributed by atoms with Crippen molar-refractivity contribution in [2.75, 3.05) is 16.8 Å². The topological polar surface area (TPSA) is 66.4 Å². The second-order valence-corrected chi connectivity index (χ2v) is 5.72. The van der Waals surface area contributed by atoms with Crippen LogP contribution < -0.4 is 5.32 Å². The summed E-state index contributed by atoms with van der Waals surface area (Å²) in [7, 11) is 0. The number of anilines is 1. The molecule has 0 aliphatic carbocycles. The first-order chi connectivity index (χ1) is 8.90. The highest BCUT2D eigenvalue weighted by Gasteiger charge is 2.12. The summed E-state index contributed by atoms with van der Waals surface area (Å²) in [5.41, 5.74) is 1.59. The average Bonchev–Trinajstić information content (AvgIpc) is 2.32. The van der Waals surface area contributed by atoms with E-state index in [1.54, 1.807) is 19.1 Å². The third kappa shape index (κ3) is 5.53. The number of carbonyl (C=O) groups excluding carboxylic acids is 1. The zero-order chi connectivity index (χ0) is 14.4. The van der Waals surface area contributed by atoms with Crippen LogP contribution >= 0.6 is 23.4 Å². The highest BCUT2D eigenvalue weighted by molar-refractivity contribution is 8.00. The van der Waals surface area contributed by atoms with Gasteiger partial charge in [0.2, 0.25) is 5.91 Å². The molecule has 0 aromatic heterocycles. The quantitative estimate of drug-likeness (QED) is 0.847. The smallest absolute Gasteiger partial charge is 0.307 e. The molecule has 0 saturated heterocycles. The number of thioether (sulfide) groups is 1. The van der Waals surface area contributed by atoms with E-state index in [1.165, 1.54) is 11.8 Å². The van der Waals surface area contributed by atoms with Gasteiger partial charge in [-0.3, -0.25) is 9.59 Å². The van der Waals surface area contributed by atoms with Crippen LogP contribution in [-0.4, -0.2) is 28.5 Å². The van der Waals surface area contributed by atoms with Crippen molar-refractivity contribution in [2.24, 2.45) is 5.92 Å². The summed E-state index contributed by atoms with van der Waals surface area (Å²) in [5.74, 6) is -0.879. The minimum Gasteiger partial charge on any atom is -0.481 e. The van der Waals surface area contributed by atoms with Crippen molar-refractivity contribution in [3.05, 3.63) is 28.8 Å². The summed E-state index contributed by atoms with van der Waals surface area (Å²) in [4.78, 5) is 22.3. The number of hydrogen-bond acceptors (Lipinski definition) is 3. The van der Waals surface area contributed by atoms with E-state index >= 15 is 0 Å². The molecule has 0 spiro atoms. The minimum absolute atomic E-state index is 0.187. The Hall–Kier alpha value is -1.20. The molecule has 0 aliphatic rings. The van der Waals surface area contributed by atoms with Crippen molar-refractivity contribution >= 4 is 40.9 Å². The van der Waals surface area contributed by atoms with Crippen LogP contribution in [0.2, 0.25) is 5.02 Å². The fourth-order valence-corrected chi connectivity index (χ4v) is 2.46. The molecule has 1 unspecified atom stereocenters. The van der Waals surface area contributed by atoms with Crippen molar-refractivity contribution in [2.45, 2.75) is 13.8 Å². The molecule has 19 heavy (non-hydrogen) atoms. The lowest BCUT2D eigenvalue weighted by atomic mass is 10.2. The Morgan fingerprint density at radius 1 is 1.47 bits per heavy atom. The number of nitrogens with one attached hydrogen (secondary N) is 1. The molecule has 6 heteroatoms. The van der Waals surface area contributed by atoms with Gasteiger partial charge >= 0.3 is 5.97 Å². The van der Waals surface area contributed by atoms with Crippen molar-refractivity contribution in [3.8, 4) is 0 Å². The van der Waals surface area contributed by atoms with E-state index in [0.29, 0.717) is 16.5 Å². The van der Waals surface area contributed by atoms with Gasteiger partial charge in [-0.1, -0.05) is 24.6 Å². The number of amides is 1. The number of hydrogen-bond donors (Lipinski definition) is 2. The molecule has 1 aromatic carbocycles. The Labute approximate surface area is 121 Å². The first kappa shape index (κ1) is 15.9. The normalized spacial score (nSPS) is 11.9. The number of rotatable bonds is 6. The Balaban J connectivity index is 2.41. The van der Waals surface area contributed by atoms with Gasteiger partial charge in [-0.2, -0.15) is 11.8 Å². The molecule has 1 aromatic rings. The Kier molecular flexibility index (Phi) is 6.18. The van der Waals surface area contributed by atoms with Crippen LogP contribution in [0, 0.1) is 12.8 Å². The molecule has 1 rings (SSSR count). The van der Waals surface area contributed by atoms with E-state index in [-0.39, 0.29) is 11.7 Å². The Morgan fingerprint density at radius 2 is 2.16 bits per heavy atom. The summed E-state index contributed by atoms with van der Waals surface area (Å²) in [6.45, 7) is 3.53. The van der Waals surface area contributed by atoms with Gasteiger partial charge in [-0.25, -0.2) is 0 Å². The van der Waals surface area contributed by atoms with Gasteiger partial charge in [0.05, 0.1) is 22.4 Å². The number of aryl methyl sites for hydroxylation is 1. The van der Waals surface area contributed by atoms with Gasteiger partial charge in [-0.15, -0.1) is 0 Å². The predicted octanol–water partition coefficient (Wildman–Crippen LogP) is 3.04. The van der Waals surface area contributed by atoms with E-state index in [2.05, 4.69) is 5.32 Å². The molecule has 104 valence electrons. The summed E-state index contributed by atoms with van der Waals surface area (Å²) in [5, 5.41) is 11.9. The summed E-state index contributed by atoms with van der Waals surface area (Å²) < 4.78 is 0. The van der Waals surface area contributed by atoms with Gasteiger partial charge in [0.25, 0.3) is 0 Å². The maximum Gasteiger partial charge on any atom is 0.307 e. The number of carbonyl (C=O) groups is 2. The van der Waals surface area contributed by atoms with E-state index < -0.39 is 11.9 Å². The fraction of sp³-hybridized carbons (Fsp3) is 0.385. The lowest BCUT2D eigenvalue weighted by Crippen LogP contribution is -2.17. The van der Waals surface area contributed by atoms with Crippen molar-refractivity contribution in [1.82, 2.24) is 0 Å². The molecule has 4 nitrogen and oxygen atoms in total. The third-order valence-electron chi connectivity index (χ3n) is 2.42. The maximum absolute atomic E-state index is 11.7. The van der Waals surface area contributed by atoms with Crippen LogP contribution in [0.5, 0.6) is 0 Å². The van der Waals surface area contributed by atoms with E-state index in [0.717, 1.165) is 5.56 Å². The lowest BCUT2D eigenvalue weighted by molar-refractivity contribution is -0.140. The van der Waals surface area contributed by atoms with Gasteiger partial charge in [0.1, 0.15) is 0 Å². The molecule has 0 fully saturated rings. The first-order valence-electron chi connectivity index (χ1n) is 5.76. The highest BCUT2D eigenvalue weighted by atomic mass is 35.5. The summed E-state index contributed by atoms with van der Waals surface area (Å²) in [6, 6.07) is 5.39. The maximum atomic E-state index is 11.7. The predicted molar refractivity (Wildman–Crippen MR) is 78.9 cm³/mol. The molecule has 2 N–H and O–H groups in total. The molecule has 1 amide bonds. The van der Waals surface area contributed by atoms with Crippen molar-refractivity contribution in [3.63, 3.8) is 0 Å². The number of carboxylic acids is 1. The zero-order valence-corrected chi connectivity index (χ0v) is 12.3. The van der Waals surface area contributed by atoms with Crippen LogP contribution in [0.3, 0.4) is 0 Å². The summed E-state index contributed by atoms with van der Waals surface area (Å²) >= 11 is 7.29. The molecule has 0 heterocycles. The van der Waals surface area contributed by atoms with Gasteiger partial charge < -0.3 is 10.4 Å². The largest absolute Gasteiger partial charge is 0.481 e. The SMILES string of the molecule is Cc1ccc(NC(=O)CSCC(C)C(=O)O)c(Cl)c1. The van der Waals surface area contributed by atoms with Crippen molar-refractivity contribution in [1.29, 1.82) is 0 Å². The van der Waals surface area contributed by atoms with Gasteiger partial charge in [0, 0.05) is 5.75 Å². The molecule has 0 aliphatic heterocycles. The molecule has 0 radical (unpaired) electrons. The van der Waals surface area contributed by atoms with Crippen LogP contribution in [0.1, 0.15) is 12.5 Å². The molecule has 0 bridgehead atoms. The van der Waals surface area contributed by atoms with Crippen molar-refractivity contribution < 1.29 is 14.7 Å². The van der Waals surface area contributed by atoms with Gasteiger partial charge in [0.15, 0.2) is 0 Å². The van der Waals surface area contributed by atoms with Crippen LogP contribution in [0.25, 0.3) is 0 Å². The number of benzene rings is 1. The molecular formula is C13H16ClNO3S. The van der Waals surface area contributed by atoms with E-state index in [9.17, 15) is 9.59 Å². The van der Waals surface area contributed by atoms with Gasteiger partial charge in [-0.05, 0) is 24.6 Å². The zero-order valence-electron chi connectivity index (χ0n) is 10.8. The summed E-state index contributed by atoms with van der Waals surface area (Å²) in [6.07, 6.45) is 0.